The third kappa shape index (κ3) is 6.41. The minimum absolute atomic E-state index is 0.349. The average Bonchev–Trinajstić information content (AvgIpc) is 2.84. The molecule has 0 aliphatic rings. The van der Waals surface area contributed by atoms with Gasteiger partial charge in [0.05, 0.1) is 12.7 Å². The molecule has 0 spiro atoms. The summed E-state index contributed by atoms with van der Waals surface area (Å²) in [4.78, 5) is 0. The van der Waals surface area contributed by atoms with E-state index in [1.165, 1.54) is 70.8 Å². The molecule has 172 valence electrons. The number of hydrogen-bond acceptors (Lipinski definition) is 3. The summed E-state index contributed by atoms with van der Waals surface area (Å²) in [6.45, 7) is 1.87. The van der Waals surface area contributed by atoms with Crippen LogP contribution in [0, 0.1) is 0 Å². The number of rotatable bonds is 11. The number of benzene rings is 4. The highest BCUT2D eigenvalue weighted by molar-refractivity contribution is 6.22. The minimum atomic E-state index is -0.968. The fraction of sp³-hybridized carbons (Fsp3) is 0.448. The van der Waals surface area contributed by atoms with Crippen LogP contribution in [0.4, 0.5) is 0 Å². The van der Waals surface area contributed by atoms with Crippen LogP contribution in [0.1, 0.15) is 64.7 Å². The van der Waals surface area contributed by atoms with Crippen LogP contribution in [0.2, 0.25) is 0 Å². The maximum absolute atomic E-state index is 9.38. The Labute approximate surface area is 192 Å². The van der Waals surface area contributed by atoms with E-state index in [4.69, 9.17) is 10.2 Å². The van der Waals surface area contributed by atoms with E-state index in [0.29, 0.717) is 6.42 Å². The highest BCUT2D eigenvalue weighted by Crippen LogP contribution is 2.33. The van der Waals surface area contributed by atoms with Crippen LogP contribution in [-0.4, -0.2) is 34.1 Å². The molecule has 3 nitrogen and oxygen atoms in total. The molecule has 0 bridgehead atoms. The Morgan fingerprint density at radius 3 is 1.38 bits per heavy atom. The van der Waals surface area contributed by atoms with Gasteiger partial charge >= 0.3 is 0 Å². The van der Waals surface area contributed by atoms with Crippen molar-refractivity contribution in [2.75, 3.05) is 6.61 Å². The van der Waals surface area contributed by atoms with Gasteiger partial charge in [0.25, 0.3) is 0 Å². The fourth-order valence-corrected chi connectivity index (χ4v) is 4.47. The van der Waals surface area contributed by atoms with Gasteiger partial charge in [0.2, 0.25) is 0 Å². The summed E-state index contributed by atoms with van der Waals surface area (Å²) in [5.74, 6) is 0. The SMILES string of the molecule is CCCCCCCCCCC(O)C(O)CO.c1cc2ccc3cccc4ccc(c1)c2c34. The Bertz CT molecular complexity index is 928. The van der Waals surface area contributed by atoms with Crippen LogP contribution >= 0.6 is 0 Å². The highest BCUT2D eigenvalue weighted by atomic mass is 16.4. The van der Waals surface area contributed by atoms with E-state index in [0.717, 1.165) is 12.8 Å². The van der Waals surface area contributed by atoms with E-state index in [9.17, 15) is 5.11 Å². The number of unbranched alkanes of at least 4 members (excludes halogenated alkanes) is 7. The Morgan fingerprint density at radius 1 is 0.562 bits per heavy atom. The molecule has 0 aliphatic heterocycles. The summed E-state index contributed by atoms with van der Waals surface area (Å²) in [6, 6.07) is 21.9. The van der Waals surface area contributed by atoms with Crippen molar-refractivity contribution in [2.45, 2.75) is 76.9 Å². The average molecular weight is 435 g/mol. The van der Waals surface area contributed by atoms with Gasteiger partial charge in [-0.25, -0.2) is 0 Å². The van der Waals surface area contributed by atoms with Crippen molar-refractivity contribution in [1.29, 1.82) is 0 Å². The Hall–Kier alpha value is -2.20. The minimum Gasteiger partial charge on any atom is -0.394 e. The van der Waals surface area contributed by atoms with E-state index in [2.05, 4.69) is 67.6 Å². The number of hydrogen-bond donors (Lipinski definition) is 3. The molecule has 32 heavy (non-hydrogen) atoms. The van der Waals surface area contributed by atoms with Crippen molar-refractivity contribution in [3.8, 4) is 0 Å². The molecule has 0 saturated carbocycles. The first-order valence-corrected chi connectivity index (χ1v) is 12.2. The second-order valence-corrected chi connectivity index (χ2v) is 8.87. The fourth-order valence-electron chi connectivity index (χ4n) is 4.47. The first kappa shape index (κ1) is 24.4. The molecule has 4 aromatic rings. The summed E-state index contributed by atoms with van der Waals surface area (Å²) in [5, 5.41) is 35.3. The van der Waals surface area contributed by atoms with Crippen molar-refractivity contribution in [3.05, 3.63) is 60.7 Å². The zero-order valence-electron chi connectivity index (χ0n) is 19.3. The van der Waals surface area contributed by atoms with E-state index in [1.54, 1.807) is 0 Å². The van der Waals surface area contributed by atoms with Crippen LogP contribution in [0.5, 0.6) is 0 Å². The smallest absolute Gasteiger partial charge is 0.103 e. The third-order valence-corrected chi connectivity index (χ3v) is 6.38. The highest BCUT2D eigenvalue weighted by Gasteiger charge is 2.13. The molecule has 0 saturated heterocycles. The van der Waals surface area contributed by atoms with E-state index in [1.807, 2.05) is 0 Å². The largest absolute Gasteiger partial charge is 0.394 e. The first-order chi connectivity index (χ1) is 15.7. The van der Waals surface area contributed by atoms with Crippen LogP contribution in [0.15, 0.2) is 60.7 Å². The number of aliphatic hydroxyl groups excluding tert-OH is 3. The maximum Gasteiger partial charge on any atom is 0.103 e. The van der Waals surface area contributed by atoms with Gasteiger partial charge in [0.15, 0.2) is 0 Å². The second kappa shape index (κ2) is 12.7. The van der Waals surface area contributed by atoms with Gasteiger partial charge in [-0.3, -0.25) is 0 Å². The van der Waals surface area contributed by atoms with Gasteiger partial charge < -0.3 is 15.3 Å². The lowest BCUT2D eigenvalue weighted by Gasteiger charge is -2.14. The molecule has 4 aromatic carbocycles. The maximum atomic E-state index is 9.38. The van der Waals surface area contributed by atoms with Crippen molar-refractivity contribution >= 4 is 32.3 Å². The van der Waals surface area contributed by atoms with Crippen molar-refractivity contribution in [3.63, 3.8) is 0 Å². The standard InChI is InChI=1S/C16H10.C13H28O3/c1-3-11-7-9-13-5-2-6-14-10-8-12(4-1)15(11)16(13)14;1-2-3-4-5-6-7-8-9-10-12(15)13(16)11-14/h1-10H;12-16H,2-11H2,1H3. The molecule has 3 N–H and O–H groups in total. The molecular formula is C29H38O3. The molecule has 0 radical (unpaired) electrons. The Kier molecular flexibility index (Phi) is 9.73. The summed E-state index contributed by atoms with van der Waals surface area (Å²) in [7, 11) is 0. The third-order valence-electron chi connectivity index (χ3n) is 6.38. The van der Waals surface area contributed by atoms with Crippen LogP contribution < -0.4 is 0 Å². The summed E-state index contributed by atoms with van der Waals surface area (Å²) < 4.78 is 0. The Balaban J connectivity index is 0.000000181. The molecule has 0 fully saturated rings. The van der Waals surface area contributed by atoms with Gasteiger partial charge in [-0.15, -0.1) is 0 Å². The van der Waals surface area contributed by atoms with Gasteiger partial charge in [-0.1, -0.05) is 119 Å². The Morgan fingerprint density at radius 2 is 0.969 bits per heavy atom. The van der Waals surface area contributed by atoms with Gasteiger partial charge in [-0.2, -0.15) is 0 Å². The summed E-state index contributed by atoms with van der Waals surface area (Å²) in [5.41, 5.74) is 0. The zero-order valence-corrected chi connectivity index (χ0v) is 19.3. The predicted octanol–water partition coefficient (Wildman–Crippen LogP) is 6.82. The van der Waals surface area contributed by atoms with Crippen LogP contribution in [0.25, 0.3) is 32.3 Å². The molecule has 2 atom stereocenters. The monoisotopic (exact) mass is 434 g/mol. The molecule has 0 amide bonds. The van der Waals surface area contributed by atoms with Gasteiger partial charge in [0, 0.05) is 0 Å². The van der Waals surface area contributed by atoms with E-state index < -0.39 is 12.2 Å². The van der Waals surface area contributed by atoms with Gasteiger partial charge in [-0.05, 0) is 38.7 Å². The zero-order chi connectivity index (χ0) is 22.8. The predicted molar refractivity (Wildman–Crippen MR) is 136 cm³/mol. The quantitative estimate of drug-likeness (QED) is 0.179. The topological polar surface area (TPSA) is 60.7 Å². The molecule has 4 rings (SSSR count). The lowest BCUT2D eigenvalue weighted by molar-refractivity contribution is -0.0185. The van der Waals surface area contributed by atoms with Crippen molar-refractivity contribution < 1.29 is 15.3 Å². The molecule has 2 unspecified atom stereocenters. The van der Waals surface area contributed by atoms with E-state index >= 15 is 0 Å². The van der Waals surface area contributed by atoms with Crippen molar-refractivity contribution in [1.82, 2.24) is 0 Å². The number of aliphatic hydroxyl groups is 3. The second-order valence-electron chi connectivity index (χ2n) is 8.87. The van der Waals surface area contributed by atoms with Crippen LogP contribution in [-0.2, 0) is 0 Å². The molecule has 0 heterocycles. The summed E-state index contributed by atoms with van der Waals surface area (Å²) >= 11 is 0. The first-order valence-electron chi connectivity index (χ1n) is 12.2. The molecule has 3 heteroatoms. The lowest BCUT2D eigenvalue weighted by Crippen LogP contribution is -2.28. The summed E-state index contributed by atoms with van der Waals surface area (Å²) in [6.07, 6.45) is 8.67. The van der Waals surface area contributed by atoms with Crippen molar-refractivity contribution in [2.24, 2.45) is 0 Å². The van der Waals surface area contributed by atoms with Gasteiger partial charge in [0.1, 0.15) is 6.10 Å². The molecule has 0 aliphatic carbocycles. The van der Waals surface area contributed by atoms with Crippen LogP contribution in [0.3, 0.4) is 0 Å². The lowest BCUT2D eigenvalue weighted by atomic mass is 9.95. The molecule has 0 aromatic heterocycles. The van der Waals surface area contributed by atoms with E-state index in [-0.39, 0.29) is 6.61 Å². The normalized spacial score (nSPS) is 13.4. The molecular weight excluding hydrogens is 396 g/mol.